The molecule has 1 aliphatic rings. The Hall–Kier alpha value is -1.70. The van der Waals surface area contributed by atoms with E-state index in [1.54, 1.807) is 6.08 Å². The van der Waals surface area contributed by atoms with Crippen LogP contribution in [0, 0.1) is 6.92 Å². The molecule has 0 N–H and O–H groups in total. The van der Waals surface area contributed by atoms with Gasteiger partial charge in [0, 0.05) is 12.8 Å². The van der Waals surface area contributed by atoms with Crippen LogP contribution < -0.4 is 0 Å². The maximum atomic E-state index is 11.8. The van der Waals surface area contributed by atoms with Gasteiger partial charge >= 0.3 is 0 Å². The van der Waals surface area contributed by atoms with Crippen molar-refractivity contribution in [3.63, 3.8) is 0 Å². The molecule has 0 spiro atoms. The number of ketones is 2. The molecule has 1 fully saturated rings. The van der Waals surface area contributed by atoms with Crippen LogP contribution in [0.3, 0.4) is 0 Å². The normalized spacial score (nSPS) is 16.9. The van der Waals surface area contributed by atoms with Crippen LogP contribution in [0.5, 0.6) is 0 Å². The molecule has 0 heterocycles. The molecule has 1 saturated carbocycles. The Morgan fingerprint density at radius 3 is 2.00 bits per heavy atom. The van der Waals surface area contributed by atoms with E-state index in [9.17, 15) is 9.59 Å². The van der Waals surface area contributed by atoms with Gasteiger partial charge in [-0.3, -0.25) is 9.59 Å². The number of benzene rings is 1. The second kappa shape index (κ2) is 5.09. The number of rotatable bonds is 1. The van der Waals surface area contributed by atoms with Crippen molar-refractivity contribution in [2.75, 3.05) is 0 Å². The predicted molar refractivity (Wildman–Crippen MR) is 67.6 cm³/mol. The average Bonchev–Trinajstić information content (AvgIpc) is 2.47. The second-order valence-corrected chi connectivity index (χ2v) is 4.52. The summed E-state index contributed by atoms with van der Waals surface area (Å²) in [4.78, 5) is 23.6. The lowest BCUT2D eigenvalue weighted by Crippen LogP contribution is -2.09. The summed E-state index contributed by atoms with van der Waals surface area (Å²) in [6.45, 7) is 2.01. The number of hydrogen-bond donors (Lipinski definition) is 0. The summed E-state index contributed by atoms with van der Waals surface area (Å²) in [7, 11) is 0. The van der Waals surface area contributed by atoms with Gasteiger partial charge in [0.2, 0.25) is 0 Å². The van der Waals surface area contributed by atoms with E-state index in [0.29, 0.717) is 18.4 Å². The first-order chi connectivity index (χ1) is 8.16. The van der Waals surface area contributed by atoms with Crippen LogP contribution in [-0.4, -0.2) is 11.6 Å². The van der Waals surface area contributed by atoms with Gasteiger partial charge in [0.25, 0.3) is 0 Å². The highest BCUT2D eigenvalue weighted by atomic mass is 16.1. The van der Waals surface area contributed by atoms with Gasteiger partial charge in [0.05, 0.1) is 5.57 Å². The fraction of sp³-hybridized carbons (Fsp3) is 0.333. The Morgan fingerprint density at radius 2 is 1.47 bits per heavy atom. The van der Waals surface area contributed by atoms with Crippen molar-refractivity contribution in [1.29, 1.82) is 0 Å². The molecular formula is C15H16O2. The van der Waals surface area contributed by atoms with Gasteiger partial charge < -0.3 is 0 Å². The Balaban J connectivity index is 2.32. The molecule has 0 unspecified atom stereocenters. The van der Waals surface area contributed by atoms with Gasteiger partial charge in [0.1, 0.15) is 0 Å². The van der Waals surface area contributed by atoms with Gasteiger partial charge in [-0.25, -0.2) is 0 Å². The van der Waals surface area contributed by atoms with Crippen LogP contribution >= 0.6 is 0 Å². The molecule has 0 aliphatic heterocycles. The fourth-order valence-corrected chi connectivity index (χ4v) is 1.99. The first-order valence-corrected chi connectivity index (χ1v) is 6.01. The van der Waals surface area contributed by atoms with Gasteiger partial charge in [-0.05, 0) is 31.4 Å². The highest BCUT2D eigenvalue weighted by molar-refractivity contribution is 6.23. The first kappa shape index (κ1) is 11.8. The van der Waals surface area contributed by atoms with Crippen molar-refractivity contribution >= 4 is 17.6 Å². The van der Waals surface area contributed by atoms with E-state index < -0.39 is 0 Å². The molecule has 0 saturated heterocycles. The van der Waals surface area contributed by atoms with Gasteiger partial charge in [-0.15, -0.1) is 0 Å². The number of aryl methyl sites for hydroxylation is 1. The molecule has 2 nitrogen and oxygen atoms in total. The monoisotopic (exact) mass is 228 g/mol. The summed E-state index contributed by atoms with van der Waals surface area (Å²) in [6, 6.07) is 7.84. The fourth-order valence-electron chi connectivity index (χ4n) is 1.99. The standard InChI is InChI=1S/C15H16O2/c1-11-6-8-12(9-7-11)10-13-14(16)4-2-3-5-15(13)17/h6-10H,2-5H2,1H3. The van der Waals surface area contributed by atoms with E-state index in [2.05, 4.69) is 0 Å². The van der Waals surface area contributed by atoms with Gasteiger partial charge in [-0.2, -0.15) is 0 Å². The summed E-state index contributed by atoms with van der Waals surface area (Å²) in [6.07, 6.45) is 4.40. The molecule has 0 bridgehead atoms. The van der Waals surface area contributed by atoms with Crippen molar-refractivity contribution < 1.29 is 9.59 Å². The smallest absolute Gasteiger partial charge is 0.166 e. The second-order valence-electron chi connectivity index (χ2n) is 4.52. The Bertz CT molecular complexity index is 446. The molecule has 0 radical (unpaired) electrons. The number of carbonyl (C=O) groups is 2. The third-order valence-electron chi connectivity index (χ3n) is 3.05. The van der Waals surface area contributed by atoms with Gasteiger partial charge in [0.15, 0.2) is 11.6 Å². The van der Waals surface area contributed by atoms with E-state index >= 15 is 0 Å². The van der Waals surface area contributed by atoms with E-state index in [1.165, 1.54) is 5.56 Å². The maximum absolute atomic E-state index is 11.8. The third-order valence-corrected chi connectivity index (χ3v) is 3.05. The zero-order valence-electron chi connectivity index (χ0n) is 10.0. The molecule has 2 rings (SSSR count). The third kappa shape index (κ3) is 2.90. The Labute approximate surface area is 101 Å². The molecule has 2 heteroatoms. The van der Waals surface area contributed by atoms with Crippen molar-refractivity contribution in [2.24, 2.45) is 0 Å². The molecule has 0 atom stereocenters. The highest BCUT2D eigenvalue weighted by Crippen LogP contribution is 2.19. The van der Waals surface area contributed by atoms with Crippen molar-refractivity contribution in [3.05, 3.63) is 41.0 Å². The zero-order valence-corrected chi connectivity index (χ0v) is 10.0. The topological polar surface area (TPSA) is 34.1 Å². The summed E-state index contributed by atoms with van der Waals surface area (Å²) < 4.78 is 0. The van der Waals surface area contributed by atoms with Crippen molar-refractivity contribution in [1.82, 2.24) is 0 Å². The minimum atomic E-state index is -0.00641. The van der Waals surface area contributed by atoms with Crippen LogP contribution in [0.4, 0.5) is 0 Å². The van der Waals surface area contributed by atoms with Crippen molar-refractivity contribution in [3.8, 4) is 0 Å². The molecule has 0 amide bonds. The van der Waals surface area contributed by atoms with Crippen LogP contribution in [0.15, 0.2) is 29.8 Å². The lowest BCUT2D eigenvalue weighted by molar-refractivity contribution is -0.120. The molecular weight excluding hydrogens is 212 g/mol. The minimum Gasteiger partial charge on any atom is -0.294 e. The predicted octanol–water partition coefficient (Wildman–Crippen LogP) is 3.09. The lowest BCUT2D eigenvalue weighted by atomic mass is 10.0. The van der Waals surface area contributed by atoms with Crippen LogP contribution in [0.1, 0.15) is 36.8 Å². The first-order valence-electron chi connectivity index (χ1n) is 6.01. The molecule has 0 aromatic heterocycles. The molecule has 1 aromatic carbocycles. The Morgan fingerprint density at radius 1 is 0.941 bits per heavy atom. The number of Topliss-reactive ketones (excluding diaryl/α,β-unsaturated/α-hetero) is 2. The quantitative estimate of drug-likeness (QED) is 0.420. The van der Waals surface area contributed by atoms with E-state index in [0.717, 1.165) is 18.4 Å². The van der Waals surface area contributed by atoms with Crippen LogP contribution in [0.25, 0.3) is 6.08 Å². The molecule has 1 aliphatic carbocycles. The van der Waals surface area contributed by atoms with E-state index in [1.807, 2.05) is 31.2 Å². The lowest BCUT2D eigenvalue weighted by Gasteiger charge is -2.01. The van der Waals surface area contributed by atoms with Crippen LogP contribution in [0.2, 0.25) is 0 Å². The largest absolute Gasteiger partial charge is 0.294 e. The molecule has 17 heavy (non-hydrogen) atoms. The average molecular weight is 228 g/mol. The summed E-state index contributed by atoms with van der Waals surface area (Å²) >= 11 is 0. The zero-order chi connectivity index (χ0) is 12.3. The molecule has 88 valence electrons. The summed E-state index contributed by atoms with van der Waals surface area (Å²) in [5.74, 6) is -0.0128. The summed E-state index contributed by atoms with van der Waals surface area (Å²) in [5.41, 5.74) is 2.48. The number of allylic oxidation sites excluding steroid dienone is 1. The summed E-state index contributed by atoms with van der Waals surface area (Å²) in [5, 5.41) is 0. The number of carbonyl (C=O) groups excluding carboxylic acids is 2. The molecule has 1 aromatic rings. The highest BCUT2D eigenvalue weighted by Gasteiger charge is 2.20. The minimum absolute atomic E-state index is 0.00641. The maximum Gasteiger partial charge on any atom is 0.166 e. The van der Waals surface area contributed by atoms with Crippen LogP contribution in [-0.2, 0) is 9.59 Å². The Kier molecular flexibility index (Phi) is 3.52. The van der Waals surface area contributed by atoms with Crippen molar-refractivity contribution in [2.45, 2.75) is 32.6 Å². The SMILES string of the molecule is Cc1ccc(C=C2C(=O)CCCCC2=O)cc1. The van der Waals surface area contributed by atoms with E-state index in [4.69, 9.17) is 0 Å². The number of hydrogen-bond acceptors (Lipinski definition) is 2. The van der Waals surface area contributed by atoms with E-state index in [-0.39, 0.29) is 11.6 Å². The van der Waals surface area contributed by atoms with Gasteiger partial charge in [-0.1, -0.05) is 29.8 Å².